The predicted molar refractivity (Wildman–Crippen MR) is 146 cm³/mol. The zero-order valence-electron chi connectivity index (χ0n) is 20.6. The molecule has 0 saturated carbocycles. The topological polar surface area (TPSA) is 136 Å². The van der Waals surface area contributed by atoms with Gasteiger partial charge < -0.3 is 5.32 Å². The van der Waals surface area contributed by atoms with E-state index in [0.717, 1.165) is 5.56 Å². The molecule has 194 valence electrons. The summed E-state index contributed by atoms with van der Waals surface area (Å²) in [5.74, 6) is -1.02. The third-order valence-corrected chi connectivity index (χ3v) is 7.13. The van der Waals surface area contributed by atoms with Crippen LogP contribution in [0.4, 0.5) is 11.6 Å². The average molecular weight is 539 g/mol. The monoisotopic (exact) mass is 538 g/mol. The molecule has 0 saturated heterocycles. The molecule has 0 aliphatic rings. The van der Waals surface area contributed by atoms with Crippen LogP contribution in [0, 0.1) is 0 Å². The van der Waals surface area contributed by atoms with Gasteiger partial charge in [-0.15, -0.1) is 0 Å². The number of amides is 1. The third-order valence-electron chi connectivity index (χ3n) is 5.79. The first-order valence-corrected chi connectivity index (χ1v) is 13.3. The van der Waals surface area contributed by atoms with Crippen molar-refractivity contribution in [1.29, 1.82) is 0 Å². The van der Waals surface area contributed by atoms with Crippen molar-refractivity contribution in [2.45, 2.75) is 4.90 Å². The molecule has 39 heavy (non-hydrogen) atoms. The summed E-state index contributed by atoms with van der Waals surface area (Å²) in [5, 5.41) is 7.12. The summed E-state index contributed by atoms with van der Waals surface area (Å²) in [6.07, 6.45) is 2.84. The van der Waals surface area contributed by atoms with Crippen LogP contribution in [0.2, 0.25) is 0 Å². The zero-order chi connectivity index (χ0) is 27.4. The van der Waals surface area contributed by atoms with E-state index in [1.807, 2.05) is 30.3 Å². The van der Waals surface area contributed by atoms with Gasteiger partial charge in [0.05, 0.1) is 16.2 Å². The standard InChI is InChI=1S/C28H22N6O4S/c1-34-25(19-9-4-2-5-10-19)23(26(35)20-11-6-3-7-12-20)24(32-34)27(36)31-21-13-15-22(16-14-21)39(37,38)33-28-29-17-8-18-30-28/h2-18H,1H3,(H,31,36)(H,29,30,33). The van der Waals surface area contributed by atoms with Crippen molar-refractivity contribution in [3.63, 3.8) is 0 Å². The Kier molecular flexibility index (Phi) is 6.98. The van der Waals surface area contributed by atoms with Gasteiger partial charge in [0.1, 0.15) is 0 Å². The Morgan fingerprint density at radius 1 is 0.795 bits per heavy atom. The molecule has 0 atom stereocenters. The highest BCUT2D eigenvalue weighted by Crippen LogP contribution is 2.29. The lowest BCUT2D eigenvalue weighted by molar-refractivity contribution is 0.0993. The number of nitrogens with one attached hydrogen (secondary N) is 2. The van der Waals surface area contributed by atoms with E-state index in [0.29, 0.717) is 16.9 Å². The summed E-state index contributed by atoms with van der Waals surface area (Å²) in [6, 6.07) is 25.0. The van der Waals surface area contributed by atoms with Gasteiger partial charge in [0.25, 0.3) is 15.9 Å². The molecule has 2 aromatic heterocycles. The number of nitrogens with zero attached hydrogens (tertiary/aromatic N) is 4. The van der Waals surface area contributed by atoms with E-state index in [4.69, 9.17) is 0 Å². The zero-order valence-corrected chi connectivity index (χ0v) is 21.5. The Morgan fingerprint density at radius 2 is 1.41 bits per heavy atom. The first-order valence-electron chi connectivity index (χ1n) is 11.8. The minimum atomic E-state index is -3.94. The SMILES string of the molecule is Cn1nc(C(=O)Nc2ccc(S(=O)(=O)Nc3ncccn3)cc2)c(C(=O)c2ccccc2)c1-c1ccccc1. The van der Waals surface area contributed by atoms with Crippen molar-refractivity contribution >= 4 is 33.3 Å². The molecule has 0 fully saturated rings. The van der Waals surface area contributed by atoms with Crippen LogP contribution in [-0.2, 0) is 17.1 Å². The molecule has 2 heterocycles. The number of anilines is 2. The number of sulfonamides is 1. The Hall–Kier alpha value is -5.16. The maximum absolute atomic E-state index is 13.6. The molecule has 5 aromatic rings. The third kappa shape index (κ3) is 5.43. The summed E-state index contributed by atoms with van der Waals surface area (Å²) in [6.45, 7) is 0. The molecule has 0 aliphatic carbocycles. The number of aryl methyl sites for hydroxylation is 1. The fourth-order valence-electron chi connectivity index (χ4n) is 4.00. The van der Waals surface area contributed by atoms with Crippen molar-refractivity contribution in [2.75, 3.05) is 10.0 Å². The van der Waals surface area contributed by atoms with Crippen molar-refractivity contribution in [2.24, 2.45) is 7.05 Å². The van der Waals surface area contributed by atoms with E-state index in [-0.39, 0.29) is 27.9 Å². The lowest BCUT2D eigenvalue weighted by Crippen LogP contribution is -2.18. The van der Waals surface area contributed by atoms with Gasteiger partial charge in [-0.05, 0) is 30.3 Å². The maximum Gasteiger partial charge on any atom is 0.276 e. The van der Waals surface area contributed by atoms with Crippen molar-refractivity contribution in [3.05, 3.63) is 120 Å². The second-order valence-electron chi connectivity index (χ2n) is 8.41. The second-order valence-corrected chi connectivity index (χ2v) is 10.1. The minimum absolute atomic E-state index is 0.0444. The predicted octanol–water partition coefficient (Wildman–Crippen LogP) is 4.16. The van der Waals surface area contributed by atoms with Crippen molar-refractivity contribution in [1.82, 2.24) is 19.7 Å². The average Bonchev–Trinajstić information content (AvgIpc) is 3.31. The number of hydrogen-bond acceptors (Lipinski definition) is 7. The van der Waals surface area contributed by atoms with Gasteiger partial charge in [-0.3, -0.25) is 14.3 Å². The molecule has 0 radical (unpaired) electrons. The lowest BCUT2D eigenvalue weighted by atomic mass is 9.97. The number of carbonyl (C=O) groups is 2. The quantitative estimate of drug-likeness (QED) is 0.283. The van der Waals surface area contributed by atoms with Gasteiger partial charge in [-0.2, -0.15) is 5.10 Å². The molecule has 2 N–H and O–H groups in total. The van der Waals surface area contributed by atoms with E-state index in [1.54, 1.807) is 43.4 Å². The van der Waals surface area contributed by atoms with E-state index in [2.05, 4.69) is 25.1 Å². The number of rotatable bonds is 8. The van der Waals surface area contributed by atoms with Crippen LogP contribution >= 0.6 is 0 Å². The molecule has 0 bridgehead atoms. The largest absolute Gasteiger partial charge is 0.321 e. The summed E-state index contributed by atoms with van der Waals surface area (Å²) in [7, 11) is -2.27. The molecule has 0 aliphatic heterocycles. The fraction of sp³-hybridized carbons (Fsp3) is 0.0357. The second kappa shape index (κ2) is 10.7. The van der Waals surface area contributed by atoms with E-state index >= 15 is 0 Å². The minimum Gasteiger partial charge on any atom is -0.321 e. The van der Waals surface area contributed by atoms with Crippen LogP contribution in [0.15, 0.2) is 108 Å². The molecule has 1 amide bonds. The van der Waals surface area contributed by atoms with Crippen LogP contribution in [-0.4, -0.2) is 39.9 Å². The fourth-order valence-corrected chi connectivity index (χ4v) is 4.96. The van der Waals surface area contributed by atoms with Gasteiger partial charge in [-0.1, -0.05) is 60.7 Å². The Morgan fingerprint density at radius 3 is 2.05 bits per heavy atom. The van der Waals surface area contributed by atoms with Crippen LogP contribution < -0.4 is 10.0 Å². The Balaban J connectivity index is 1.45. The lowest BCUT2D eigenvalue weighted by Gasteiger charge is -2.09. The van der Waals surface area contributed by atoms with Gasteiger partial charge in [0, 0.05) is 36.3 Å². The molecule has 0 unspecified atom stereocenters. The molecular weight excluding hydrogens is 516 g/mol. The number of aromatic nitrogens is 4. The van der Waals surface area contributed by atoms with Crippen molar-refractivity contribution < 1.29 is 18.0 Å². The number of hydrogen-bond donors (Lipinski definition) is 2. The van der Waals surface area contributed by atoms with Gasteiger partial charge >= 0.3 is 0 Å². The van der Waals surface area contributed by atoms with Crippen LogP contribution in [0.3, 0.4) is 0 Å². The molecule has 3 aromatic carbocycles. The number of carbonyl (C=O) groups excluding carboxylic acids is 2. The summed E-state index contributed by atoms with van der Waals surface area (Å²) >= 11 is 0. The molecule has 10 nitrogen and oxygen atoms in total. The van der Waals surface area contributed by atoms with Crippen LogP contribution in [0.1, 0.15) is 26.4 Å². The molecule has 11 heteroatoms. The highest BCUT2D eigenvalue weighted by atomic mass is 32.2. The van der Waals surface area contributed by atoms with E-state index in [1.165, 1.54) is 41.3 Å². The molecular formula is C28H22N6O4S. The van der Waals surface area contributed by atoms with Crippen LogP contribution in [0.25, 0.3) is 11.3 Å². The smallest absolute Gasteiger partial charge is 0.276 e. The van der Waals surface area contributed by atoms with Gasteiger partial charge in [0.2, 0.25) is 5.95 Å². The van der Waals surface area contributed by atoms with Gasteiger partial charge in [-0.25, -0.2) is 23.1 Å². The maximum atomic E-state index is 13.6. The summed E-state index contributed by atoms with van der Waals surface area (Å²) < 4.78 is 29.1. The summed E-state index contributed by atoms with van der Waals surface area (Å²) in [4.78, 5) is 34.7. The number of ketones is 1. The van der Waals surface area contributed by atoms with Crippen molar-refractivity contribution in [3.8, 4) is 11.3 Å². The highest BCUT2D eigenvalue weighted by molar-refractivity contribution is 7.92. The molecule has 0 spiro atoms. The van der Waals surface area contributed by atoms with E-state index in [9.17, 15) is 18.0 Å². The normalized spacial score (nSPS) is 11.1. The highest BCUT2D eigenvalue weighted by Gasteiger charge is 2.28. The first kappa shape index (κ1) is 25.5. The van der Waals surface area contributed by atoms with E-state index < -0.39 is 15.9 Å². The van der Waals surface area contributed by atoms with Gasteiger partial charge in [0.15, 0.2) is 11.5 Å². The Labute approximate surface area is 224 Å². The number of benzene rings is 3. The molecule has 5 rings (SSSR count). The Bertz CT molecular complexity index is 1740. The summed E-state index contributed by atoms with van der Waals surface area (Å²) in [5.41, 5.74) is 2.09. The first-order chi connectivity index (χ1) is 18.8. The van der Waals surface area contributed by atoms with Crippen LogP contribution in [0.5, 0.6) is 0 Å².